The number of thioether (sulfide) groups is 1. The third kappa shape index (κ3) is 4.13. The van der Waals surface area contributed by atoms with Gasteiger partial charge in [-0.05, 0) is 37.3 Å². The molecule has 6 nitrogen and oxygen atoms in total. The van der Waals surface area contributed by atoms with Crippen LogP contribution in [-0.2, 0) is 4.79 Å². The Bertz CT molecular complexity index is 986. The van der Waals surface area contributed by atoms with Crippen molar-refractivity contribution in [3.63, 3.8) is 0 Å². The fraction of sp³-hybridized carbons (Fsp3) is 0.294. The summed E-state index contributed by atoms with van der Waals surface area (Å²) in [5, 5.41) is 14.9. The predicted octanol–water partition coefficient (Wildman–Crippen LogP) is 5.08. The van der Waals surface area contributed by atoms with Crippen molar-refractivity contribution >= 4 is 58.0 Å². The quantitative estimate of drug-likeness (QED) is 0.541. The fourth-order valence-electron chi connectivity index (χ4n) is 2.56. The summed E-state index contributed by atoms with van der Waals surface area (Å²) in [7, 11) is 0. The number of thiophene rings is 1. The highest BCUT2D eigenvalue weighted by Crippen LogP contribution is 2.41. The molecule has 0 radical (unpaired) electrons. The molecule has 1 N–H and O–H groups in total. The van der Waals surface area contributed by atoms with Crippen molar-refractivity contribution in [3.05, 3.63) is 39.3 Å². The Hall–Kier alpha value is -1.61. The molecule has 0 aromatic carbocycles. The Kier molecular flexibility index (Phi) is 5.41. The van der Waals surface area contributed by atoms with Crippen LogP contribution in [-0.4, -0.2) is 31.4 Å². The maximum atomic E-state index is 12.3. The first-order chi connectivity index (χ1) is 13.0. The summed E-state index contributed by atoms with van der Waals surface area (Å²) < 4.78 is 2.14. The monoisotopic (exact) mass is 439 g/mol. The van der Waals surface area contributed by atoms with Crippen LogP contribution in [0, 0.1) is 6.92 Å². The lowest BCUT2D eigenvalue weighted by atomic mass is 10.3. The molecule has 3 aromatic rings. The molecule has 1 aliphatic carbocycles. The summed E-state index contributed by atoms with van der Waals surface area (Å²) >= 11 is 15.1. The van der Waals surface area contributed by atoms with E-state index in [2.05, 4.69) is 25.1 Å². The van der Waals surface area contributed by atoms with Crippen LogP contribution in [0.2, 0.25) is 10.0 Å². The van der Waals surface area contributed by atoms with Crippen LogP contribution in [0.25, 0.3) is 10.7 Å². The van der Waals surface area contributed by atoms with Gasteiger partial charge in [-0.15, -0.1) is 21.5 Å². The van der Waals surface area contributed by atoms with Crippen molar-refractivity contribution < 1.29 is 4.79 Å². The predicted molar refractivity (Wildman–Crippen MR) is 110 cm³/mol. The van der Waals surface area contributed by atoms with Gasteiger partial charge in [-0.2, -0.15) is 0 Å². The second-order valence-corrected chi connectivity index (χ2v) is 8.81. The zero-order chi connectivity index (χ0) is 19.0. The van der Waals surface area contributed by atoms with Gasteiger partial charge in [0.05, 0.1) is 26.4 Å². The average molecular weight is 440 g/mol. The lowest BCUT2D eigenvalue weighted by Crippen LogP contribution is -2.16. The molecule has 0 saturated heterocycles. The van der Waals surface area contributed by atoms with Crippen LogP contribution in [0.4, 0.5) is 5.82 Å². The van der Waals surface area contributed by atoms with E-state index in [1.807, 2.05) is 17.5 Å². The number of hydrogen-bond donors (Lipinski definition) is 1. The first-order valence-corrected chi connectivity index (χ1v) is 10.9. The minimum atomic E-state index is -0.209. The van der Waals surface area contributed by atoms with Gasteiger partial charge in [-0.1, -0.05) is 41.0 Å². The van der Waals surface area contributed by atoms with Crippen LogP contribution in [0.1, 0.15) is 24.6 Å². The largest absolute Gasteiger partial charge is 0.309 e. The van der Waals surface area contributed by atoms with Crippen molar-refractivity contribution in [2.75, 3.05) is 11.1 Å². The van der Waals surface area contributed by atoms with Gasteiger partial charge < -0.3 is 5.32 Å². The van der Waals surface area contributed by atoms with E-state index in [9.17, 15) is 4.79 Å². The number of nitrogens with one attached hydrogen (secondary N) is 1. The van der Waals surface area contributed by atoms with E-state index < -0.39 is 0 Å². The number of anilines is 1. The number of nitrogens with zero attached hydrogens (tertiary/aromatic N) is 4. The summed E-state index contributed by atoms with van der Waals surface area (Å²) in [6, 6.07) is 6.02. The summed E-state index contributed by atoms with van der Waals surface area (Å²) in [6.45, 7) is 1.76. The van der Waals surface area contributed by atoms with E-state index in [1.165, 1.54) is 11.8 Å². The normalized spacial score (nSPS) is 13.7. The molecule has 27 heavy (non-hydrogen) atoms. The average Bonchev–Trinajstić information content (AvgIpc) is 3.16. The van der Waals surface area contributed by atoms with Gasteiger partial charge in [0.15, 0.2) is 16.8 Å². The lowest BCUT2D eigenvalue weighted by Gasteiger charge is -2.09. The number of halogens is 2. The number of amides is 1. The second-order valence-electron chi connectivity index (χ2n) is 6.11. The molecular formula is C17H15Cl2N5OS2. The standard InChI is InChI=1S/C17H15Cl2N5OS2/c1-9-11(18)7-12(19)15(20-9)21-14(25)8-27-17-23-22-16(13-3-2-6-26-13)24(17)10-4-5-10/h2-3,6-7,10H,4-5,8H2,1H3,(H,20,21,25). The first kappa shape index (κ1) is 18.7. The zero-order valence-corrected chi connectivity index (χ0v) is 17.4. The molecule has 0 atom stereocenters. The molecule has 0 spiro atoms. The summed E-state index contributed by atoms with van der Waals surface area (Å²) in [5.41, 5.74) is 0.609. The maximum Gasteiger partial charge on any atom is 0.236 e. The molecular weight excluding hydrogens is 425 g/mol. The van der Waals surface area contributed by atoms with Crippen molar-refractivity contribution in [3.8, 4) is 10.7 Å². The van der Waals surface area contributed by atoms with Gasteiger partial charge in [-0.3, -0.25) is 9.36 Å². The fourth-order valence-corrected chi connectivity index (χ4v) is 4.47. The number of pyridine rings is 1. The number of aromatic nitrogens is 4. The van der Waals surface area contributed by atoms with Gasteiger partial charge in [0, 0.05) is 6.04 Å². The van der Waals surface area contributed by atoms with Crippen molar-refractivity contribution in [2.45, 2.75) is 31.0 Å². The van der Waals surface area contributed by atoms with Gasteiger partial charge in [0.25, 0.3) is 0 Å². The number of hydrogen-bond acceptors (Lipinski definition) is 6. The zero-order valence-electron chi connectivity index (χ0n) is 14.3. The first-order valence-electron chi connectivity index (χ1n) is 8.27. The third-order valence-corrected chi connectivity index (χ3v) is 6.49. The Balaban J connectivity index is 1.46. The Morgan fingerprint density at radius 2 is 2.19 bits per heavy atom. The molecule has 1 amide bonds. The molecule has 3 aromatic heterocycles. The van der Waals surface area contributed by atoms with E-state index in [1.54, 1.807) is 24.3 Å². The van der Waals surface area contributed by atoms with E-state index in [0.717, 1.165) is 28.7 Å². The number of carbonyl (C=O) groups is 1. The molecule has 140 valence electrons. The van der Waals surface area contributed by atoms with Gasteiger partial charge in [0.1, 0.15) is 0 Å². The number of aryl methyl sites for hydroxylation is 1. The smallest absolute Gasteiger partial charge is 0.236 e. The maximum absolute atomic E-state index is 12.3. The molecule has 3 heterocycles. The third-order valence-electron chi connectivity index (χ3n) is 4.01. The van der Waals surface area contributed by atoms with E-state index >= 15 is 0 Å². The molecule has 10 heteroatoms. The highest BCUT2D eigenvalue weighted by molar-refractivity contribution is 7.99. The topological polar surface area (TPSA) is 72.7 Å². The molecule has 4 rings (SSSR count). The van der Waals surface area contributed by atoms with Crippen LogP contribution < -0.4 is 5.32 Å². The van der Waals surface area contributed by atoms with Crippen molar-refractivity contribution in [1.82, 2.24) is 19.7 Å². The summed E-state index contributed by atoms with van der Waals surface area (Å²) in [6.07, 6.45) is 2.22. The highest BCUT2D eigenvalue weighted by atomic mass is 35.5. The molecule has 1 saturated carbocycles. The highest BCUT2D eigenvalue weighted by Gasteiger charge is 2.30. The van der Waals surface area contributed by atoms with Crippen molar-refractivity contribution in [1.29, 1.82) is 0 Å². The molecule has 0 bridgehead atoms. The second kappa shape index (κ2) is 7.79. The number of carbonyl (C=O) groups excluding carboxylic acids is 1. The minimum Gasteiger partial charge on any atom is -0.309 e. The van der Waals surface area contributed by atoms with Crippen LogP contribution >= 0.6 is 46.3 Å². The Morgan fingerprint density at radius 1 is 1.37 bits per heavy atom. The minimum absolute atomic E-state index is 0.189. The molecule has 0 unspecified atom stereocenters. The van der Waals surface area contributed by atoms with Gasteiger partial charge >= 0.3 is 0 Å². The van der Waals surface area contributed by atoms with Gasteiger partial charge in [0.2, 0.25) is 5.91 Å². The van der Waals surface area contributed by atoms with Gasteiger partial charge in [-0.25, -0.2) is 4.98 Å². The van der Waals surface area contributed by atoms with Crippen LogP contribution in [0.5, 0.6) is 0 Å². The van der Waals surface area contributed by atoms with E-state index in [0.29, 0.717) is 27.6 Å². The Labute approximate surface area is 174 Å². The van der Waals surface area contributed by atoms with Crippen LogP contribution in [0.15, 0.2) is 28.7 Å². The van der Waals surface area contributed by atoms with E-state index in [4.69, 9.17) is 23.2 Å². The number of rotatable bonds is 6. The van der Waals surface area contributed by atoms with Crippen molar-refractivity contribution in [2.24, 2.45) is 0 Å². The summed E-state index contributed by atoms with van der Waals surface area (Å²) in [4.78, 5) is 17.7. The van der Waals surface area contributed by atoms with E-state index in [-0.39, 0.29) is 11.7 Å². The lowest BCUT2D eigenvalue weighted by molar-refractivity contribution is -0.113. The molecule has 1 fully saturated rings. The summed E-state index contributed by atoms with van der Waals surface area (Å²) in [5.74, 6) is 1.16. The molecule has 1 aliphatic rings. The molecule has 0 aliphatic heterocycles. The van der Waals surface area contributed by atoms with Crippen LogP contribution in [0.3, 0.4) is 0 Å². The SMILES string of the molecule is Cc1nc(NC(=O)CSc2nnc(-c3cccs3)n2C2CC2)c(Cl)cc1Cl. The Morgan fingerprint density at radius 3 is 2.89 bits per heavy atom.